The zero-order chi connectivity index (χ0) is 12.1. The predicted octanol–water partition coefficient (Wildman–Crippen LogP) is 1.45. The first kappa shape index (κ1) is 12.6. The topological polar surface area (TPSA) is 72.3 Å². The first-order valence-corrected chi connectivity index (χ1v) is 5.18. The third-order valence-corrected chi connectivity index (χ3v) is 2.04. The highest BCUT2D eigenvalue weighted by Gasteiger charge is 2.09. The average Bonchev–Trinajstić information content (AvgIpc) is 2.16. The van der Waals surface area contributed by atoms with Crippen LogP contribution in [0.5, 0.6) is 0 Å². The van der Waals surface area contributed by atoms with E-state index in [-0.39, 0.29) is 11.7 Å². The Morgan fingerprint density at radius 3 is 2.75 bits per heavy atom. The van der Waals surface area contributed by atoms with Gasteiger partial charge in [0.15, 0.2) is 0 Å². The summed E-state index contributed by atoms with van der Waals surface area (Å²) in [6.45, 7) is 6.13. The van der Waals surface area contributed by atoms with Gasteiger partial charge in [-0.25, -0.2) is 14.8 Å². The highest BCUT2D eigenvalue weighted by Crippen LogP contribution is 2.04. The van der Waals surface area contributed by atoms with Crippen LogP contribution in [0, 0.1) is 6.92 Å². The second kappa shape index (κ2) is 5.55. The number of carboxylic acids is 1. The van der Waals surface area contributed by atoms with Crippen LogP contribution < -0.4 is 0 Å². The number of hydrogen-bond acceptors (Lipinski definition) is 4. The Kier molecular flexibility index (Phi) is 4.37. The maximum Gasteiger partial charge on any atom is 0.339 e. The molecular weight excluding hydrogens is 208 g/mol. The van der Waals surface area contributed by atoms with Crippen molar-refractivity contribution in [3.8, 4) is 0 Å². The van der Waals surface area contributed by atoms with Gasteiger partial charge in [0.2, 0.25) is 0 Å². The van der Waals surface area contributed by atoms with Crippen molar-refractivity contribution < 1.29 is 14.6 Å². The second-order valence-electron chi connectivity index (χ2n) is 3.76. The fraction of sp³-hybridized carbons (Fsp3) is 0.545. The molecule has 0 aliphatic rings. The van der Waals surface area contributed by atoms with Crippen molar-refractivity contribution in [1.29, 1.82) is 0 Å². The number of hydrogen-bond donors (Lipinski definition) is 1. The lowest BCUT2D eigenvalue weighted by atomic mass is 10.2. The van der Waals surface area contributed by atoms with Crippen LogP contribution in [-0.4, -0.2) is 33.8 Å². The number of carboxylic acid groups (broad SMARTS) is 1. The molecule has 0 saturated heterocycles. The number of carbonyl (C=O) groups is 1. The average molecular weight is 224 g/mol. The fourth-order valence-corrected chi connectivity index (χ4v) is 1.23. The Hall–Kier alpha value is -1.49. The number of aromatic carboxylic acids is 1. The molecule has 1 aromatic rings. The van der Waals surface area contributed by atoms with E-state index >= 15 is 0 Å². The number of rotatable bonds is 5. The Balaban J connectivity index is 2.63. The van der Waals surface area contributed by atoms with Gasteiger partial charge in [-0.15, -0.1) is 0 Å². The lowest BCUT2D eigenvalue weighted by Crippen LogP contribution is -2.10. The summed E-state index contributed by atoms with van der Waals surface area (Å²) in [6, 6.07) is 0. The predicted molar refractivity (Wildman–Crippen MR) is 58.5 cm³/mol. The van der Waals surface area contributed by atoms with E-state index < -0.39 is 5.97 Å². The minimum atomic E-state index is -0.998. The van der Waals surface area contributed by atoms with Crippen LogP contribution in [0.1, 0.15) is 35.7 Å². The molecule has 5 heteroatoms. The molecule has 0 radical (unpaired) electrons. The number of nitrogens with zero attached hydrogens (tertiary/aromatic N) is 2. The van der Waals surface area contributed by atoms with E-state index in [4.69, 9.17) is 9.84 Å². The van der Waals surface area contributed by atoms with Gasteiger partial charge in [-0.2, -0.15) is 0 Å². The largest absolute Gasteiger partial charge is 0.478 e. The van der Waals surface area contributed by atoms with Crippen LogP contribution in [-0.2, 0) is 11.2 Å². The van der Waals surface area contributed by atoms with E-state index in [1.807, 2.05) is 13.8 Å². The standard InChI is InChI=1S/C11H16N2O3/c1-7(2)16-5-4-10-12-6-9(11(14)15)8(3)13-10/h6-7H,4-5H2,1-3H3,(H,14,15). The van der Waals surface area contributed by atoms with Crippen molar-refractivity contribution in [2.24, 2.45) is 0 Å². The highest BCUT2D eigenvalue weighted by atomic mass is 16.5. The molecule has 0 aromatic carbocycles. The summed E-state index contributed by atoms with van der Waals surface area (Å²) < 4.78 is 5.37. The molecule has 0 fully saturated rings. The normalized spacial score (nSPS) is 10.8. The quantitative estimate of drug-likeness (QED) is 0.819. The Morgan fingerprint density at radius 1 is 1.56 bits per heavy atom. The lowest BCUT2D eigenvalue weighted by Gasteiger charge is -2.07. The second-order valence-corrected chi connectivity index (χ2v) is 3.76. The summed E-state index contributed by atoms with van der Waals surface area (Å²) in [5, 5.41) is 8.80. The first-order valence-electron chi connectivity index (χ1n) is 5.18. The molecule has 5 nitrogen and oxygen atoms in total. The molecule has 1 heterocycles. The Morgan fingerprint density at radius 2 is 2.25 bits per heavy atom. The molecule has 0 bridgehead atoms. The Labute approximate surface area is 94.5 Å². The number of aryl methyl sites for hydroxylation is 1. The highest BCUT2D eigenvalue weighted by molar-refractivity contribution is 5.88. The van der Waals surface area contributed by atoms with Gasteiger partial charge in [-0.3, -0.25) is 0 Å². The summed E-state index contributed by atoms with van der Waals surface area (Å²) in [7, 11) is 0. The zero-order valence-electron chi connectivity index (χ0n) is 9.73. The van der Waals surface area contributed by atoms with Crippen molar-refractivity contribution in [3.63, 3.8) is 0 Å². The van der Waals surface area contributed by atoms with E-state index in [1.165, 1.54) is 6.20 Å². The van der Waals surface area contributed by atoms with E-state index in [2.05, 4.69) is 9.97 Å². The van der Waals surface area contributed by atoms with E-state index in [1.54, 1.807) is 6.92 Å². The van der Waals surface area contributed by atoms with Gasteiger partial charge in [0.1, 0.15) is 5.82 Å². The van der Waals surface area contributed by atoms with Crippen molar-refractivity contribution in [2.75, 3.05) is 6.61 Å². The van der Waals surface area contributed by atoms with Crippen LogP contribution in [0.3, 0.4) is 0 Å². The van der Waals surface area contributed by atoms with Crippen LogP contribution in [0.4, 0.5) is 0 Å². The molecule has 1 rings (SSSR count). The van der Waals surface area contributed by atoms with Crippen LogP contribution >= 0.6 is 0 Å². The summed E-state index contributed by atoms with van der Waals surface area (Å²) in [4.78, 5) is 18.8. The molecule has 88 valence electrons. The van der Waals surface area contributed by atoms with Crippen LogP contribution in [0.15, 0.2) is 6.20 Å². The summed E-state index contributed by atoms with van der Waals surface area (Å²) in [6.07, 6.45) is 2.12. The molecule has 0 unspecified atom stereocenters. The van der Waals surface area contributed by atoms with Crippen molar-refractivity contribution in [3.05, 3.63) is 23.3 Å². The Bertz CT molecular complexity index is 377. The smallest absolute Gasteiger partial charge is 0.339 e. The summed E-state index contributed by atoms with van der Waals surface area (Å²) in [5.41, 5.74) is 0.635. The molecule has 0 spiro atoms. The van der Waals surface area contributed by atoms with Crippen molar-refractivity contribution >= 4 is 5.97 Å². The molecule has 0 saturated carbocycles. The number of ether oxygens (including phenoxy) is 1. The molecule has 1 N–H and O–H groups in total. The van der Waals surface area contributed by atoms with Gasteiger partial charge < -0.3 is 9.84 Å². The van der Waals surface area contributed by atoms with Crippen molar-refractivity contribution in [2.45, 2.75) is 33.3 Å². The molecule has 0 atom stereocenters. The SMILES string of the molecule is Cc1nc(CCOC(C)C)ncc1C(=O)O. The fourth-order valence-electron chi connectivity index (χ4n) is 1.23. The van der Waals surface area contributed by atoms with E-state index in [0.29, 0.717) is 24.5 Å². The third kappa shape index (κ3) is 3.58. The van der Waals surface area contributed by atoms with Gasteiger partial charge in [-0.1, -0.05) is 0 Å². The molecule has 0 amide bonds. The third-order valence-electron chi connectivity index (χ3n) is 2.04. The first-order chi connectivity index (χ1) is 7.50. The zero-order valence-corrected chi connectivity index (χ0v) is 9.73. The van der Waals surface area contributed by atoms with E-state index in [9.17, 15) is 4.79 Å². The molecule has 16 heavy (non-hydrogen) atoms. The molecular formula is C11H16N2O3. The monoisotopic (exact) mass is 224 g/mol. The van der Waals surface area contributed by atoms with Crippen LogP contribution in [0.25, 0.3) is 0 Å². The van der Waals surface area contributed by atoms with Crippen molar-refractivity contribution in [1.82, 2.24) is 9.97 Å². The summed E-state index contributed by atoms with van der Waals surface area (Å²) >= 11 is 0. The maximum atomic E-state index is 10.7. The minimum absolute atomic E-state index is 0.147. The minimum Gasteiger partial charge on any atom is -0.478 e. The summed E-state index contributed by atoms with van der Waals surface area (Å²) in [5.74, 6) is -0.384. The molecule has 0 aliphatic heterocycles. The van der Waals surface area contributed by atoms with Crippen LogP contribution in [0.2, 0.25) is 0 Å². The van der Waals surface area contributed by atoms with Gasteiger partial charge in [-0.05, 0) is 20.8 Å². The molecule has 1 aromatic heterocycles. The van der Waals surface area contributed by atoms with E-state index in [0.717, 1.165) is 0 Å². The molecule has 0 aliphatic carbocycles. The van der Waals surface area contributed by atoms with Gasteiger partial charge in [0.05, 0.1) is 24.0 Å². The maximum absolute atomic E-state index is 10.7. The lowest BCUT2D eigenvalue weighted by molar-refractivity contribution is 0.0695. The van der Waals surface area contributed by atoms with Gasteiger partial charge in [0.25, 0.3) is 0 Å². The van der Waals surface area contributed by atoms with Gasteiger partial charge >= 0.3 is 5.97 Å². The van der Waals surface area contributed by atoms with Gasteiger partial charge in [0, 0.05) is 12.6 Å². The number of aromatic nitrogens is 2.